The third-order valence-electron chi connectivity index (χ3n) is 4.08. The Morgan fingerprint density at radius 1 is 1.29 bits per heavy atom. The second-order valence-corrected chi connectivity index (χ2v) is 5.73. The van der Waals surface area contributed by atoms with E-state index in [1.807, 2.05) is 36.7 Å². The van der Waals surface area contributed by atoms with Gasteiger partial charge >= 0.3 is 0 Å². The number of rotatable bonds is 6. The number of hydrazine groups is 1. The molecule has 0 spiro atoms. The lowest BCUT2D eigenvalue weighted by Gasteiger charge is -2.09. The molecule has 7 nitrogen and oxygen atoms in total. The summed E-state index contributed by atoms with van der Waals surface area (Å²) in [5.74, 6) is 2.59. The summed E-state index contributed by atoms with van der Waals surface area (Å²) in [5.41, 5.74) is 7.35. The van der Waals surface area contributed by atoms with Crippen LogP contribution in [0, 0.1) is 0 Å². The zero-order chi connectivity index (χ0) is 16.2. The monoisotopic (exact) mass is 324 g/mol. The van der Waals surface area contributed by atoms with Crippen molar-refractivity contribution in [1.82, 2.24) is 25.4 Å². The van der Waals surface area contributed by atoms with Gasteiger partial charge in [0.05, 0.1) is 11.7 Å². The lowest BCUT2D eigenvalue weighted by Crippen LogP contribution is -2.24. The fraction of sp³-hybridized carbons (Fsp3) is 0.294. The SMILES string of the molecule is c1cncc(NCCn2ccnc2-c2ccc(C3CCNN3)o2)c1. The third kappa shape index (κ3) is 3.17. The van der Waals surface area contributed by atoms with Gasteiger partial charge in [-0.05, 0) is 30.7 Å². The molecule has 1 aliphatic rings. The van der Waals surface area contributed by atoms with Crippen LogP contribution in [-0.2, 0) is 6.54 Å². The smallest absolute Gasteiger partial charge is 0.176 e. The van der Waals surface area contributed by atoms with E-state index in [9.17, 15) is 0 Å². The van der Waals surface area contributed by atoms with Crippen LogP contribution in [0.3, 0.4) is 0 Å². The fourth-order valence-corrected chi connectivity index (χ4v) is 2.86. The predicted molar refractivity (Wildman–Crippen MR) is 91.2 cm³/mol. The van der Waals surface area contributed by atoms with Gasteiger partial charge in [-0.15, -0.1) is 0 Å². The number of hydrogen-bond donors (Lipinski definition) is 3. The van der Waals surface area contributed by atoms with Crippen LogP contribution in [0.25, 0.3) is 11.6 Å². The molecule has 1 fully saturated rings. The second-order valence-electron chi connectivity index (χ2n) is 5.73. The molecule has 0 saturated carbocycles. The van der Waals surface area contributed by atoms with Crippen molar-refractivity contribution >= 4 is 5.69 Å². The Bertz CT molecular complexity index is 775. The Hall–Kier alpha value is -2.64. The highest BCUT2D eigenvalue weighted by Gasteiger charge is 2.20. The summed E-state index contributed by atoms with van der Waals surface area (Å²) in [6.07, 6.45) is 8.38. The molecule has 24 heavy (non-hydrogen) atoms. The quantitative estimate of drug-likeness (QED) is 0.645. The number of hydrogen-bond acceptors (Lipinski definition) is 6. The molecule has 0 aromatic carbocycles. The van der Waals surface area contributed by atoms with Crippen LogP contribution in [0.4, 0.5) is 5.69 Å². The van der Waals surface area contributed by atoms with Crippen LogP contribution in [0.2, 0.25) is 0 Å². The van der Waals surface area contributed by atoms with Gasteiger partial charge in [0, 0.05) is 44.4 Å². The minimum Gasteiger partial charge on any atom is -0.456 e. The average molecular weight is 324 g/mol. The summed E-state index contributed by atoms with van der Waals surface area (Å²) < 4.78 is 8.09. The van der Waals surface area contributed by atoms with Gasteiger partial charge in [0.2, 0.25) is 0 Å². The minimum atomic E-state index is 0.231. The third-order valence-corrected chi connectivity index (χ3v) is 4.08. The molecular weight excluding hydrogens is 304 g/mol. The van der Waals surface area contributed by atoms with Crippen molar-refractivity contribution in [3.63, 3.8) is 0 Å². The molecule has 0 radical (unpaired) electrons. The lowest BCUT2D eigenvalue weighted by atomic mass is 10.2. The molecule has 4 heterocycles. The predicted octanol–water partition coefficient (Wildman–Crippen LogP) is 2.19. The summed E-state index contributed by atoms with van der Waals surface area (Å²) in [6.45, 7) is 2.54. The molecule has 3 N–H and O–H groups in total. The zero-order valence-electron chi connectivity index (χ0n) is 13.3. The number of imidazole rings is 1. The second kappa shape index (κ2) is 6.86. The zero-order valence-corrected chi connectivity index (χ0v) is 13.3. The maximum atomic E-state index is 6.00. The molecule has 7 heteroatoms. The topological polar surface area (TPSA) is 79.9 Å². The van der Waals surface area contributed by atoms with E-state index < -0.39 is 0 Å². The highest BCUT2D eigenvalue weighted by atomic mass is 16.3. The first-order valence-electron chi connectivity index (χ1n) is 8.14. The van der Waals surface area contributed by atoms with Gasteiger partial charge in [-0.3, -0.25) is 10.4 Å². The average Bonchev–Trinajstić information content (AvgIpc) is 3.36. The number of pyridine rings is 1. The van der Waals surface area contributed by atoms with Crippen molar-refractivity contribution in [3.8, 4) is 11.6 Å². The van der Waals surface area contributed by atoms with Crippen molar-refractivity contribution in [3.05, 3.63) is 54.8 Å². The van der Waals surface area contributed by atoms with Gasteiger partial charge in [0.1, 0.15) is 5.76 Å². The molecule has 3 aromatic rings. The first kappa shape index (κ1) is 14.9. The van der Waals surface area contributed by atoms with Crippen molar-refractivity contribution in [1.29, 1.82) is 0 Å². The Morgan fingerprint density at radius 3 is 3.12 bits per heavy atom. The fourth-order valence-electron chi connectivity index (χ4n) is 2.86. The van der Waals surface area contributed by atoms with Gasteiger partial charge in [-0.1, -0.05) is 0 Å². The molecule has 4 rings (SSSR count). The molecule has 3 aromatic heterocycles. The van der Waals surface area contributed by atoms with Gasteiger partial charge in [0.15, 0.2) is 11.6 Å². The molecule has 0 aliphatic carbocycles. The molecule has 0 bridgehead atoms. The van der Waals surface area contributed by atoms with E-state index in [4.69, 9.17) is 4.42 Å². The summed E-state index contributed by atoms with van der Waals surface area (Å²) >= 11 is 0. The van der Waals surface area contributed by atoms with E-state index in [0.717, 1.165) is 49.1 Å². The van der Waals surface area contributed by atoms with Crippen LogP contribution >= 0.6 is 0 Å². The molecule has 1 saturated heterocycles. The van der Waals surface area contributed by atoms with E-state index in [-0.39, 0.29) is 6.04 Å². The molecule has 124 valence electrons. The molecule has 1 unspecified atom stereocenters. The van der Waals surface area contributed by atoms with E-state index in [2.05, 4.69) is 30.7 Å². The van der Waals surface area contributed by atoms with Gasteiger partial charge in [0.25, 0.3) is 0 Å². The van der Waals surface area contributed by atoms with Crippen LogP contribution in [0.1, 0.15) is 18.2 Å². The highest BCUT2D eigenvalue weighted by Crippen LogP contribution is 2.26. The maximum absolute atomic E-state index is 6.00. The maximum Gasteiger partial charge on any atom is 0.176 e. The summed E-state index contributed by atoms with van der Waals surface area (Å²) in [6, 6.07) is 8.16. The van der Waals surface area contributed by atoms with E-state index in [0.29, 0.717) is 0 Å². The summed E-state index contributed by atoms with van der Waals surface area (Å²) in [7, 11) is 0. The molecule has 1 aliphatic heterocycles. The Balaban J connectivity index is 1.42. The Morgan fingerprint density at radius 2 is 2.29 bits per heavy atom. The first-order chi connectivity index (χ1) is 11.9. The number of nitrogens with zero attached hydrogens (tertiary/aromatic N) is 3. The number of furan rings is 1. The van der Waals surface area contributed by atoms with Crippen LogP contribution in [0.5, 0.6) is 0 Å². The summed E-state index contributed by atoms with van der Waals surface area (Å²) in [4.78, 5) is 8.54. The van der Waals surface area contributed by atoms with Crippen molar-refractivity contribution < 1.29 is 4.42 Å². The first-order valence-corrected chi connectivity index (χ1v) is 8.14. The van der Waals surface area contributed by atoms with Gasteiger partial charge in [-0.2, -0.15) is 0 Å². The standard InChI is InChI=1S/C17H20N6O/c1-2-13(12-18-6-1)19-8-10-23-11-9-20-17(23)16-4-3-15(24-16)14-5-7-21-22-14/h1-4,6,9,11-12,14,19,21-22H,5,7-8,10H2. The van der Waals surface area contributed by atoms with Gasteiger partial charge < -0.3 is 14.3 Å². The normalized spacial score (nSPS) is 17.2. The minimum absolute atomic E-state index is 0.231. The largest absolute Gasteiger partial charge is 0.456 e. The Labute approximate surface area is 140 Å². The van der Waals surface area contributed by atoms with Crippen LogP contribution < -0.4 is 16.2 Å². The van der Waals surface area contributed by atoms with E-state index in [1.54, 1.807) is 12.4 Å². The van der Waals surface area contributed by atoms with E-state index in [1.165, 1.54) is 0 Å². The molecule has 0 amide bonds. The number of nitrogens with one attached hydrogen (secondary N) is 3. The van der Waals surface area contributed by atoms with Gasteiger partial charge in [-0.25, -0.2) is 10.4 Å². The lowest BCUT2D eigenvalue weighted by molar-refractivity contribution is 0.438. The van der Waals surface area contributed by atoms with Crippen LogP contribution in [-0.4, -0.2) is 27.6 Å². The number of anilines is 1. The molecule has 1 atom stereocenters. The highest BCUT2D eigenvalue weighted by molar-refractivity contribution is 5.48. The number of aromatic nitrogens is 3. The van der Waals surface area contributed by atoms with Crippen LogP contribution in [0.15, 0.2) is 53.5 Å². The van der Waals surface area contributed by atoms with Crippen molar-refractivity contribution in [2.45, 2.75) is 19.0 Å². The van der Waals surface area contributed by atoms with Crippen molar-refractivity contribution in [2.24, 2.45) is 0 Å². The van der Waals surface area contributed by atoms with Crippen molar-refractivity contribution in [2.75, 3.05) is 18.4 Å². The molecular formula is C17H20N6O. The Kier molecular flexibility index (Phi) is 4.26. The summed E-state index contributed by atoms with van der Waals surface area (Å²) in [5, 5.41) is 3.35. The van der Waals surface area contributed by atoms with E-state index >= 15 is 0 Å².